The molecule has 0 bridgehead atoms. The summed E-state index contributed by atoms with van der Waals surface area (Å²) in [6.07, 6.45) is 0.503. The van der Waals surface area contributed by atoms with Crippen molar-refractivity contribution >= 4 is 5.91 Å². The number of likely N-dealkylation sites (N-methyl/N-ethyl adjacent to an activating group) is 1. The Bertz CT molecular complexity index is 164. The molecule has 0 aromatic heterocycles. The SMILES string of the molecule is COCC(O)CN(C)C(=O)CCCN. The van der Waals surface area contributed by atoms with Gasteiger partial charge in [-0.2, -0.15) is 0 Å². The Morgan fingerprint density at radius 3 is 2.79 bits per heavy atom. The predicted octanol–water partition coefficient (Wildman–Crippen LogP) is -0.809. The van der Waals surface area contributed by atoms with Crippen molar-refractivity contribution in [3.8, 4) is 0 Å². The maximum absolute atomic E-state index is 11.4. The summed E-state index contributed by atoms with van der Waals surface area (Å²) in [5.41, 5.74) is 5.29. The van der Waals surface area contributed by atoms with E-state index in [-0.39, 0.29) is 12.5 Å². The van der Waals surface area contributed by atoms with E-state index in [0.717, 1.165) is 0 Å². The van der Waals surface area contributed by atoms with Crippen LogP contribution in [-0.2, 0) is 9.53 Å². The van der Waals surface area contributed by atoms with Gasteiger partial charge in [-0.15, -0.1) is 0 Å². The summed E-state index contributed by atoms with van der Waals surface area (Å²) < 4.78 is 4.76. The summed E-state index contributed by atoms with van der Waals surface area (Å²) in [5, 5.41) is 9.35. The molecule has 0 saturated carbocycles. The molecule has 0 aromatic carbocycles. The van der Waals surface area contributed by atoms with Gasteiger partial charge in [0.1, 0.15) is 0 Å². The van der Waals surface area contributed by atoms with E-state index < -0.39 is 6.10 Å². The topological polar surface area (TPSA) is 75.8 Å². The molecule has 1 unspecified atom stereocenters. The van der Waals surface area contributed by atoms with E-state index in [1.807, 2.05) is 0 Å². The van der Waals surface area contributed by atoms with Gasteiger partial charge in [0.05, 0.1) is 12.7 Å². The van der Waals surface area contributed by atoms with Crippen molar-refractivity contribution in [1.29, 1.82) is 0 Å². The van der Waals surface area contributed by atoms with Gasteiger partial charge in [0.15, 0.2) is 0 Å². The van der Waals surface area contributed by atoms with Gasteiger partial charge < -0.3 is 20.5 Å². The average molecular weight is 204 g/mol. The van der Waals surface area contributed by atoms with Crippen molar-refractivity contribution in [2.45, 2.75) is 18.9 Å². The zero-order valence-electron chi connectivity index (χ0n) is 8.90. The summed E-state index contributed by atoms with van der Waals surface area (Å²) in [7, 11) is 3.18. The second kappa shape index (κ2) is 7.73. The second-order valence-electron chi connectivity index (χ2n) is 3.28. The average Bonchev–Trinajstić information content (AvgIpc) is 2.14. The third kappa shape index (κ3) is 5.90. The zero-order valence-corrected chi connectivity index (χ0v) is 8.90. The number of methoxy groups -OCH3 is 1. The standard InChI is InChI=1S/C9H20N2O3/c1-11(6-8(12)7-14-2)9(13)4-3-5-10/h8,12H,3-7,10H2,1-2H3. The molecule has 0 aromatic rings. The molecule has 84 valence electrons. The largest absolute Gasteiger partial charge is 0.389 e. The Balaban J connectivity index is 3.70. The summed E-state index contributed by atoms with van der Waals surface area (Å²) in [6, 6.07) is 0. The van der Waals surface area contributed by atoms with E-state index in [9.17, 15) is 9.90 Å². The smallest absolute Gasteiger partial charge is 0.222 e. The van der Waals surface area contributed by atoms with E-state index in [2.05, 4.69) is 0 Å². The number of rotatable bonds is 7. The lowest BCUT2D eigenvalue weighted by Crippen LogP contribution is -2.36. The first kappa shape index (κ1) is 13.4. The van der Waals surface area contributed by atoms with Crippen LogP contribution in [0.4, 0.5) is 0 Å². The van der Waals surface area contributed by atoms with Gasteiger partial charge in [0.2, 0.25) is 5.91 Å². The number of aliphatic hydroxyl groups is 1. The molecule has 0 rings (SSSR count). The molecule has 3 N–H and O–H groups in total. The van der Waals surface area contributed by atoms with Crippen molar-refractivity contribution in [1.82, 2.24) is 4.90 Å². The van der Waals surface area contributed by atoms with Crippen LogP contribution >= 0.6 is 0 Å². The summed E-state index contributed by atoms with van der Waals surface area (Å²) >= 11 is 0. The lowest BCUT2D eigenvalue weighted by molar-refractivity contribution is -0.131. The third-order valence-electron chi connectivity index (χ3n) is 1.86. The number of carbonyl (C=O) groups excluding carboxylic acids is 1. The molecule has 5 nitrogen and oxygen atoms in total. The van der Waals surface area contributed by atoms with Gasteiger partial charge in [0.25, 0.3) is 0 Å². The quantitative estimate of drug-likeness (QED) is 0.569. The van der Waals surface area contributed by atoms with Gasteiger partial charge in [-0.3, -0.25) is 4.79 Å². The summed E-state index contributed by atoms with van der Waals surface area (Å²) in [6.45, 7) is 1.06. The number of ether oxygens (including phenoxy) is 1. The van der Waals surface area contributed by atoms with Crippen LogP contribution in [-0.4, -0.2) is 55.9 Å². The van der Waals surface area contributed by atoms with Crippen molar-refractivity contribution in [3.05, 3.63) is 0 Å². The number of hydrogen-bond donors (Lipinski definition) is 2. The van der Waals surface area contributed by atoms with Crippen molar-refractivity contribution < 1.29 is 14.6 Å². The number of nitrogens with zero attached hydrogens (tertiary/aromatic N) is 1. The Morgan fingerprint density at radius 1 is 1.64 bits per heavy atom. The van der Waals surface area contributed by atoms with E-state index in [4.69, 9.17) is 10.5 Å². The predicted molar refractivity (Wildman–Crippen MR) is 53.8 cm³/mol. The Kier molecular flexibility index (Phi) is 7.37. The van der Waals surface area contributed by atoms with Crippen LogP contribution in [0, 0.1) is 0 Å². The van der Waals surface area contributed by atoms with Crippen LogP contribution in [0.5, 0.6) is 0 Å². The lowest BCUT2D eigenvalue weighted by atomic mass is 10.2. The highest BCUT2D eigenvalue weighted by Gasteiger charge is 2.12. The summed E-state index contributed by atoms with van der Waals surface area (Å²) in [4.78, 5) is 12.9. The zero-order chi connectivity index (χ0) is 11.0. The van der Waals surface area contributed by atoms with Crippen molar-refractivity contribution in [2.24, 2.45) is 5.73 Å². The molecular formula is C9H20N2O3. The molecule has 0 aliphatic heterocycles. The van der Waals surface area contributed by atoms with E-state index >= 15 is 0 Å². The molecule has 0 heterocycles. The fourth-order valence-electron chi connectivity index (χ4n) is 1.11. The van der Waals surface area contributed by atoms with E-state index in [1.54, 1.807) is 7.05 Å². The minimum absolute atomic E-state index is 0.00519. The number of amides is 1. The summed E-state index contributed by atoms with van der Waals surface area (Å²) in [5.74, 6) is 0.00519. The van der Waals surface area contributed by atoms with Crippen LogP contribution in [0.3, 0.4) is 0 Å². The number of nitrogens with two attached hydrogens (primary N) is 1. The molecule has 0 radical (unpaired) electrons. The molecule has 0 aliphatic carbocycles. The lowest BCUT2D eigenvalue weighted by Gasteiger charge is -2.20. The van der Waals surface area contributed by atoms with Gasteiger partial charge in [-0.25, -0.2) is 0 Å². The van der Waals surface area contributed by atoms with E-state index in [0.29, 0.717) is 25.9 Å². The minimum Gasteiger partial charge on any atom is -0.389 e. The highest BCUT2D eigenvalue weighted by atomic mass is 16.5. The Morgan fingerprint density at radius 2 is 2.29 bits per heavy atom. The first-order valence-electron chi connectivity index (χ1n) is 4.72. The third-order valence-corrected chi connectivity index (χ3v) is 1.86. The molecule has 0 spiro atoms. The number of aliphatic hydroxyl groups excluding tert-OH is 1. The maximum Gasteiger partial charge on any atom is 0.222 e. The molecule has 0 aliphatic rings. The van der Waals surface area contributed by atoms with Gasteiger partial charge in [-0.05, 0) is 13.0 Å². The fraction of sp³-hybridized carbons (Fsp3) is 0.889. The van der Waals surface area contributed by atoms with Crippen LogP contribution < -0.4 is 5.73 Å². The first-order chi connectivity index (χ1) is 6.61. The molecule has 0 fully saturated rings. The minimum atomic E-state index is -0.619. The van der Waals surface area contributed by atoms with E-state index in [1.165, 1.54) is 12.0 Å². The second-order valence-corrected chi connectivity index (χ2v) is 3.28. The van der Waals surface area contributed by atoms with Crippen LogP contribution in [0.15, 0.2) is 0 Å². The molecular weight excluding hydrogens is 184 g/mol. The Labute approximate surface area is 84.8 Å². The molecule has 1 atom stereocenters. The molecule has 0 saturated heterocycles. The number of carbonyl (C=O) groups is 1. The van der Waals surface area contributed by atoms with Gasteiger partial charge in [0, 0.05) is 27.1 Å². The molecule has 14 heavy (non-hydrogen) atoms. The first-order valence-corrected chi connectivity index (χ1v) is 4.72. The Hall–Kier alpha value is -0.650. The highest BCUT2D eigenvalue weighted by Crippen LogP contribution is 1.96. The van der Waals surface area contributed by atoms with Crippen LogP contribution in [0.1, 0.15) is 12.8 Å². The highest BCUT2D eigenvalue weighted by molar-refractivity contribution is 5.75. The van der Waals surface area contributed by atoms with Gasteiger partial charge in [-0.1, -0.05) is 0 Å². The van der Waals surface area contributed by atoms with Crippen molar-refractivity contribution in [3.63, 3.8) is 0 Å². The number of hydrogen-bond acceptors (Lipinski definition) is 4. The maximum atomic E-state index is 11.4. The van der Waals surface area contributed by atoms with Gasteiger partial charge >= 0.3 is 0 Å². The molecule has 1 amide bonds. The normalized spacial score (nSPS) is 12.6. The van der Waals surface area contributed by atoms with Crippen molar-refractivity contribution in [2.75, 3.05) is 33.9 Å². The van der Waals surface area contributed by atoms with Crippen LogP contribution in [0.2, 0.25) is 0 Å². The monoisotopic (exact) mass is 204 g/mol. The fourth-order valence-corrected chi connectivity index (χ4v) is 1.11. The molecule has 5 heteroatoms. The van der Waals surface area contributed by atoms with Crippen LogP contribution in [0.25, 0.3) is 0 Å².